The fourth-order valence-electron chi connectivity index (χ4n) is 6.82. The summed E-state index contributed by atoms with van der Waals surface area (Å²) in [5, 5.41) is 0. The topological polar surface area (TPSA) is 0 Å². The van der Waals surface area contributed by atoms with Crippen LogP contribution in [0.4, 0.5) is 0 Å². The molecule has 0 saturated heterocycles. The normalized spacial score (nSPS) is 39.0. The minimum atomic E-state index is 0.876. The Labute approximate surface area is 169 Å². The van der Waals surface area contributed by atoms with Gasteiger partial charge in [-0.3, -0.25) is 0 Å². The van der Waals surface area contributed by atoms with Gasteiger partial charge in [0.25, 0.3) is 0 Å². The maximum atomic E-state index is 5.95. The largest absolute Gasteiger partial charge is 0.127 e. The van der Waals surface area contributed by atoms with Crippen LogP contribution in [-0.2, 0) is 0 Å². The van der Waals surface area contributed by atoms with Crippen molar-refractivity contribution in [2.45, 2.75) is 116 Å². The Morgan fingerprint density at radius 1 is 0.538 bits per heavy atom. The molecule has 0 heterocycles. The van der Waals surface area contributed by atoms with E-state index in [1.807, 2.05) is 0 Å². The van der Waals surface area contributed by atoms with Gasteiger partial charge in [-0.05, 0) is 93.3 Å². The Bertz CT molecular complexity index is 354. The third-order valence-electron chi connectivity index (χ3n) is 8.67. The predicted molar refractivity (Wildman–Crippen MR) is 116 cm³/mol. The van der Waals surface area contributed by atoms with Gasteiger partial charge in [-0.15, -0.1) is 11.6 Å². The van der Waals surface area contributed by atoms with Gasteiger partial charge in [0.05, 0.1) is 0 Å². The van der Waals surface area contributed by atoms with Crippen LogP contribution in [0.15, 0.2) is 0 Å². The zero-order chi connectivity index (χ0) is 18.2. The lowest BCUT2D eigenvalue weighted by molar-refractivity contribution is 0.103. The molecule has 3 aliphatic rings. The summed E-state index contributed by atoms with van der Waals surface area (Å²) in [5.41, 5.74) is 0. The SMILES string of the molecule is CCCCCC1CCC(C2CCC([C@H]3CC[C@H](CCCl)CC3)CC2)CC1. The molecule has 0 amide bonds. The highest BCUT2D eigenvalue weighted by Crippen LogP contribution is 2.46. The summed E-state index contributed by atoms with van der Waals surface area (Å²) in [5.74, 6) is 7.24. The van der Waals surface area contributed by atoms with E-state index < -0.39 is 0 Å². The van der Waals surface area contributed by atoms with Crippen LogP contribution < -0.4 is 0 Å². The van der Waals surface area contributed by atoms with E-state index in [0.717, 1.165) is 41.4 Å². The van der Waals surface area contributed by atoms with E-state index in [4.69, 9.17) is 11.6 Å². The first-order chi connectivity index (χ1) is 12.8. The van der Waals surface area contributed by atoms with Gasteiger partial charge >= 0.3 is 0 Å². The number of halogens is 1. The number of alkyl halides is 1. The van der Waals surface area contributed by atoms with Crippen molar-refractivity contribution in [3.8, 4) is 0 Å². The molecule has 3 rings (SSSR count). The molecule has 3 fully saturated rings. The van der Waals surface area contributed by atoms with E-state index >= 15 is 0 Å². The van der Waals surface area contributed by atoms with Crippen molar-refractivity contribution in [1.82, 2.24) is 0 Å². The monoisotopic (exact) mass is 380 g/mol. The van der Waals surface area contributed by atoms with Crippen LogP contribution in [0, 0.1) is 35.5 Å². The van der Waals surface area contributed by atoms with Gasteiger partial charge in [0.1, 0.15) is 0 Å². The molecule has 152 valence electrons. The minimum absolute atomic E-state index is 0.876. The fourth-order valence-corrected chi connectivity index (χ4v) is 7.13. The smallest absolute Gasteiger partial charge is 0.0226 e. The average molecular weight is 381 g/mol. The first kappa shape index (κ1) is 21.0. The molecule has 0 aliphatic heterocycles. The summed E-state index contributed by atoms with van der Waals surface area (Å²) in [6.07, 6.45) is 25.6. The molecule has 0 atom stereocenters. The Balaban J connectivity index is 1.32. The molecule has 0 aromatic rings. The second-order valence-electron chi connectivity index (χ2n) is 10.2. The average Bonchev–Trinajstić information content (AvgIpc) is 2.70. The highest BCUT2D eigenvalue weighted by atomic mass is 35.5. The van der Waals surface area contributed by atoms with Crippen molar-refractivity contribution >= 4 is 11.6 Å². The third kappa shape index (κ3) is 6.15. The van der Waals surface area contributed by atoms with Crippen LogP contribution in [0.2, 0.25) is 0 Å². The second-order valence-corrected chi connectivity index (χ2v) is 10.6. The van der Waals surface area contributed by atoms with Gasteiger partial charge < -0.3 is 0 Å². The van der Waals surface area contributed by atoms with Crippen molar-refractivity contribution in [2.24, 2.45) is 35.5 Å². The zero-order valence-electron chi connectivity index (χ0n) is 17.6. The number of unbranched alkanes of at least 4 members (excludes halogenated alkanes) is 2. The molecule has 0 bridgehead atoms. The van der Waals surface area contributed by atoms with Crippen molar-refractivity contribution in [2.75, 3.05) is 5.88 Å². The predicted octanol–water partition coefficient (Wildman–Crippen LogP) is 8.61. The van der Waals surface area contributed by atoms with E-state index in [9.17, 15) is 0 Å². The maximum absolute atomic E-state index is 5.95. The summed E-state index contributed by atoms with van der Waals surface area (Å²) >= 11 is 5.95. The zero-order valence-corrected chi connectivity index (χ0v) is 18.3. The molecule has 0 N–H and O–H groups in total. The van der Waals surface area contributed by atoms with E-state index in [0.29, 0.717) is 0 Å². The van der Waals surface area contributed by atoms with Gasteiger partial charge in [0.2, 0.25) is 0 Å². The lowest BCUT2D eigenvalue weighted by atomic mass is 9.64. The van der Waals surface area contributed by atoms with E-state index in [-0.39, 0.29) is 0 Å². The Morgan fingerprint density at radius 3 is 1.31 bits per heavy atom. The van der Waals surface area contributed by atoms with Crippen LogP contribution in [0.5, 0.6) is 0 Å². The maximum Gasteiger partial charge on any atom is 0.0226 e. The molecule has 26 heavy (non-hydrogen) atoms. The minimum Gasteiger partial charge on any atom is -0.127 e. The molecular formula is C25H45Cl. The molecular weight excluding hydrogens is 336 g/mol. The van der Waals surface area contributed by atoms with Gasteiger partial charge in [-0.1, -0.05) is 58.3 Å². The van der Waals surface area contributed by atoms with Gasteiger partial charge in [0.15, 0.2) is 0 Å². The molecule has 1 heteroatoms. The second kappa shape index (κ2) is 11.3. The highest BCUT2D eigenvalue weighted by Gasteiger charge is 2.34. The molecule has 0 spiro atoms. The van der Waals surface area contributed by atoms with Crippen molar-refractivity contribution in [3.63, 3.8) is 0 Å². The van der Waals surface area contributed by atoms with Crippen molar-refractivity contribution in [3.05, 3.63) is 0 Å². The van der Waals surface area contributed by atoms with Crippen LogP contribution in [-0.4, -0.2) is 5.88 Å². The van der Waals surface area contributed by atoms with Gasteiger partial charge in [0, 0.05) is 5.88 Å². The first-order valence-electron chi connectivity index (χ1n) is 12.4. The summed E-state index contributed by atoms with van der Waals surface area (Å²) in [6, 6.07) is 0. The first-order valence-corrected chi connectivity index (χ1v) is 12.9. The highest BCUT2D eigenvalue weighted by molar-refractivity contribution is 6.17. The lowest BCUT2D eigenvalue weighted by Gasteiger charge is -2.41. The summed E-state index contributed by atoms with van der Waals surface area (Å²) in [4.78, 5) is 0. The molecule has 0 nitrogen and oxygen atoms in total. The number of rotatable bonds is 8. The summed E-state index contributed by atoms with van der Waals surface area (Å²) < 4.78 is 0. The molecule has 0 aromatic heterocycles. The van der Waals surface area contributed by atoms with E-state index in [2.05, 4.69) is 6.92 Å². The standard InChI is InChI=1S/C25H45Cl/c1-2-3-4-5-20-6-10-22(11-7-20)24-14-16-25(17-15-24)23-12-8-21(9-13-23)18-19-26/h20-25H,2-19H2,1H3/t20?,21-,22?,23-,24?,25?. The Hall–Kier alpha value is 0.290. The van der Waals surface area contributed by atoms with Crippen LogP contribution in [0.1, 0.15) is 116 Å². The third-order valence-corrected chi connectivity index (χ3v) is 8.88. The summed E-state index contributed by atoms with van der Waals surface area (Å²) in [7, 11) is 0. The van der Waals surface area contributed by atoms with Gasteiger partial charge in [-0.25, -0.2) is 0 Å². The van der Waals surface area contributed by atoms with Crippen molar-refractivity contribution in [1.29, 1.82) is 0 Å². The Kier molecular flexibility index (Phi) is 9.16. The summed E-state index contributed by atoms with van der Waals surface area (Å²) in [6.45, 7) is 2.33. The lowest BCUT2D eigenvalue weighted by Crippen LogP contribution is -2.29. The molecule has 0 aromatic carbocycles. The molecule has 0 radical (unpaired) electrons. The number of hydrogen-bond acceptors (Lipinski definition) is 0. The van der Waals surface area contributed by atoms with Crippen LogP contribution in [0.3, 0.4) is 0 Å². The van der Waals surface area contributed by atoms with Gasteiger partial charge in [-0.2, -0.15) is 0 Å². The van der Waals surface area contributed by atoms with Crippen LogP contribution >= 0.6 is 11.6 Å². The van der Waals surface area contributed by atoms with Crippen molar-refractivity contribution < 1.29 is 0 Å². The molecule has 3 aliphatic carbocycles. The van der Waals surface area contributed by atoms with E-state index in [1.165, 1.54) is 57.8 Å². The van der Waals surface area contributed by atoms with E-state index in [1.54, 1.807) is 51.4 Å². The Morgan fingerprint density at radius 2 is 0.923 bits per heavy atom. The van der Waals surface area contributed by atoms with Crippen LogP contribution in [0.25, 0.3) is 0 Å². The molecule has 0 unspecified atom stereocenters. The molecule has 3 saturated carbocycles. The number of hydrogen-bond donors (Lipinski definition) is 0. The fraction of sp³-hybridized carbons (Fsp3) is 1.00. The quantitative estimate of drug-likeness (QED) is 0.292.